The number of hydrogen-bond donors (Lipinski definition) is 2. The third-order valence-electron chi connectivity index (χ3n) is 4.54. The van der Waals surface area contributed by atoms with Crippen LogP contribution >= 0.6 is 0 Å². The second-order valence-electron chi connectivity index (χ2n) is 6.57. The molecule has 27 heavy (non-hydrogen) atoms. The summed E-state index contributed by atoms with van der Waals surface area (Å²) in [6.45, 7) is 4.23. The first-order valence-corrected chi connectivity index (χ1v) is 9.29. The van der Waals surface area contributed by atoms with Gasteiger partial charge in [0.15, 0.2) is 0 Å². The minimum Gasteiger partial charge on any atom is -0.465 e. The fourth-order valence-corrected chi connectivity index (χ4v) is 3.00. The number of amides is 2. The summed E-state index contributed by atoms with van der Waals surface area (Å²) in [5.41, 5.74) is 1.56. The minimum absolute atomic E-state index is 0.0637. The zero-order valence-electron chi connectivity index (χ0n) is 15.3. The van der Waals surface area contributed by atoms with Gasteiger partial charge in [0, 0.05) is 31.3 Å². The molecule has 1 aromatic carbocycles. The van der Waals surface area contributed by atoms with Crippen LogP contribution in [0.1, 0.15) is 34.5 Å². The van der Waals surface area contributed by atoms with Crippen molar-refractivity contribution in [3.8, 4) is 0 Å². The van der Waals surface area contributed by atoms with Gasteiger partial charge in [-0.3, -0.25) is 9.59 Å². The number of likely N-dealkylation sites (tertiary alicyclic amines) is 1. The van der Waals surface area contributed by atoms with E-state index in [9.17, 15) is 9.59 Å². The van der Waals surface area contributed by atoms with Gasteiger partial charge >= 0.3 is 0 Å². The molecule has 0 unspecified atom stereocenters. The van der Waals surface area contributed by atoms with E-state index < -0.39 is 0 Å². The molecule has 1 aliphatic heterocycles. The molecule has 2 N–H and O–H groups in total. The quantitative estimate of drug-likeness (QED) is 0.703. The van der Waals surface area contributed by atoms with Crippen LogP contribution in [-0.4, -0.2) is 42.9 Å². The Kier molecular flexibility index (Phi) is 6.82. The molecule has 0 atom stereocenters. The first-order chi connectivity index (χ1) is 13.2. The van der Waals surface area contributed by atoms with E-state index in [4.69, 9.17) is 4.42 Å². The highest BCUT2D eigenvalue weighted by Crippen LogP contribution is 2.07. The first-order valence-electron chi connectivity index (χ1n) is 9.29. The Labute approximate surface area is 159 Å². The van der Waals surface area contributed by atoms with E-state index in [0.717, 1.165) is 25.2 Å². The van der Waals surface area contributed by atoms with Gasteiger partial charge in [-0.1, -0.05) is 12.1 Å². The van der Waals surface area contributed by atoms with Crippen LogP contribution in [0.4, 0.5) is 0 Å². The monoisotopic (exact) mass is 367 g/mol. The molecule has 2 amide bonds. The van der Waals surface area contributed by atoms with Gasteiger partial charge in [-0.25, -0.2) is 0 Å². The number of benzene rings is 1. The fraction of sp³-hybridized carbons (Fsp3) is 0.333. The van der Waals surface area contributed by atoms with Crippen molar-refractivity contribution in [2.75, 3.05) is 26.2 Å². The van der Waals surface area contributed by atoms with E-state index in [1.165, 1.54) is 18.9 Å². The van der Waals surface area contributed by atoms with Crippen LogP contribution in [-0.2, 0) is 11.3 Å². The average Bonchev–Trinajstić information content (AvgIpc) is 3.39. The molecule has 1 aromatic heterocycles. The van der Waals surface area contributed by atoms with Crippen LogP contribution in [0.3, 0.4) is 0 Å². The van der Waals surface area contributed by atoms with Gasteiger partial charge in [-0.2, -0.15) is 0 Å². The zero-order valence-corrected chi connectivity index (χ0v) is 15.3. The van der Waals surface area contributed by atoms with Crippen molar-refractivity contribution in [1.29, 1.82) is 0 Å². The maximum Gasteiger partial charge on any atom is 0.251 e. The van der Waals surface area contributed by atoms with Crippen molar-refractivity contribution in [3.63, 3.8) is 0 Å². The second kappa shape index (κ2) is 9.73. The van der Waals surface area contributed by atoms with Crippen LogP contribution in [0.25, 0.3) is 6.08 Å². The molecule has 2 aromatic rings. The molecular weight excluding hydrogens is 342 g/mol. The zero-order chi connectivity index (χ0) is 18.9. The number of furan rings is 1. The van der Waals surface area contributed by atoms with Gasteiger partial charge in [-0.05, 0) is 61.8 Å². The van der Waals surface area contributed by atoms with Crippen LogP contribution in [0.15, 0.2) is 53.2 Å². The Hall–Kier alpha value is -2.86. The van der Waals surface area contributed by atoms with Crippen molar-refractivity contribution in [3.05, 3.63) is 65.6 Å². The van der Waals surface area contributed by atoms with Crippen LogP contribution < -0.4 is 10.6 Å². The Balaban J connectivity index is 1.39. The summed E-state index contributed by atoms with van der Waals surface area (Å²) in [4.78, 5) is 26.3. The number of nitrogens with zero attached hydrogens (tertiary/aromatic N) is 1. The standard InChI is InChI=1S/C21H25N3O3/c25-20(10-9-19-4-3-15-27-19)23-16-17-5-7-18(8-6-17)21(26)22-11-14-24-12-1-2-13-24/h3-10,15H,1-2,11-14,16H2,(H,22,26)(H,23,25). The molecule has 6 heteroatoms. The molecule has 1 fully saturated rings. The summed E-state index contributed by atoms with van der Waals surface area (Å²) in [5.74, 6) is 0.367. The third-order valence-corrected chi connectivity index (χ3v) is 4.54. The van der Waals surface area contributed by atoms with Crippen molar-refractivity contribution < 1.29 is 14.0 Å². The van der Waals surface area contributed by atoms with Crippen molar-refractivity contribution in [2.24, 2.45) is 0 Å². The van der Waals surface area contributed by atoms with Gasteiger partial charge < -0.3 is 20.0 Å². The maximum absolute atomic E-state index is 12.2. The van der Waals surface area contributed by atoms with Crippen LogP contribution in [0.5, 0.6) is 0 Å². The average molecular weight is 367 g/mol. The molecule has 0 aliphatic carbocycles. The number of hydrogen-bond acceptors (Lipinski definition) is 4. The Morgan fingerprint density at radius 3 is 2.56 bits per heavy atom. The number of nitrogens with one attached hydrogen (secondary N) is 2. The van der Waals surface area contributed by atoms with E-state index in [2.05, 4.69) is 15.5 Å². The predicted molar refractivity (Wildman–Crippen MR) is 104 cm³/mol. The minimum atomic E-state index is -0.199. The van der Waals surface area contributed by atoms with Gasteiger partial charge in [0.2, 0.25) is 5.91 Å². The number of rotatable bonds is 8. The van der Waals surface area contributed by atoms with E-state index >= 15 is 0 Å². The van der Waals surface area contributed by atoms with Crippen LogP contribution in [0.2, 0.25) is 0 Å². The number of carbonyl (C=O) groups is 2. The Morgan fingerprint density at radius 1 is 1.07 bits per heavy atom. The molecule has 2 heterocycles. The first kappa shape index (κ1) is 18.9. The smallest absolute Gasteiger partial charge is 0.251 e. The molecule has 0 saturated carbocycles. The van der Waals surface area contributed by atoms with E-state index in [-0.39, 0.29) is 11.8 Å². The lowest BCUT2D eigenvalue weighted by molar-refractivity contribution is -0.116. The highest BCUT2D eigenvalue weighted by atomic mass is 16.3. The molecule has 0 radical (unpaired) electrons. The molecule has 1 aliphatic rings. The SMILES string of the molecule is O=C(C=Cc1ccco1)NCc1ccc(C(=O)NCCN2CCCC2)cc1. The molecule has 1 saturated heterocycles. The van der Waals surface area contributed by atoms with E-state index in [1.54, 1.807) is 36.6 Å². The lowest BCUT2D eigenvalue weighted by Gasteiger charge is -2.14. The summed E-state index contributed by atoms with van der Waals surface area (Å²) in [5, 5.41) is 5.76. The molecule has 0 bridgehead atoms. The lowest BCUT2D eigenvalue weighted by atomic mass is 10.1. The van der Waals surface area contributed by atoms with Gasteiger partial charge in [-0.15, -0.1) is 0 Å². The predicted octanol–water partition coefficient (Wildman–Crippen LogP) is 2.43. The number of carbonyl (C=O) groups excluding carboxylic acids is 2. The van der Waals surface area contributed by atoms with Gasteiger partial charge in [0.25, 0.3) is 5.91 Å². The van der Waals surface area contributed by atoms with Crippen LogP contribution in [0, 0.1) is 0 Å². The maximum atomic E-state index is 12.2. The highest BCUT2D eigenvalue weighted by molar-refractivity contribution is 5.94. The molecule has 0 spiro atoms. The van der Waals surface area contributed by atoms with Gasteiger partial charge in [0.1, 0.15) is 5.76 Å². The fourth-order valence-electron chi connectivity index (χ4n) is 3.00. The third kappa shape index (κ3) is 6.11. The molecule has 142 valence electrons. The van der Waals surface area contributed by atoms with E-state index in [1.807, 2.05) is 12.1 Å². The van der Waals surface area contributed by atoms with Crippen molar-refractivity contribution in [1.82, 2.24) is 15.5 Å². The second-order valence-corrected chi connectivity index (χ2v) is 6.57. The molecule has 6 nitrogen and oxygen atoms in total. The van der Waals surface area contributed by atoms with E-state index in [0.29, 0.717) is 24.4 Å². The van der Waals surface area contributed by atoms with Gasteiger partial charge in [0.05, 0.1) is 6.26 Å². The normalized spacial score (nSPS) is 14.5. The topological polar surface area (TPSA) is 74.6 Å². The molecule has 3 rings (SSSR count). The van der Waals surface area contributed by atoms with Crippen molar-refractivity contribution in [2.45, 2.75) is 19.4 Å². The summed E-state index contributed by atoms with van der Waals surface area (Å²) in [6.07, 6.45) is 7.11. The Bertz CT molecular complexity index is 760. The summed E-state index contributed by atoms with van der Waals surface area (Å²) >= 11 is 0. The highest BCUT2D eigenvalue weighted by Gasteiger charge is 2.11. The Morgan fingerprint density at radius 2 is 1.85 bits per heavy atom. The summed E-state index contributed by atoms with van der Waals surface area (Å²) in [7, 11) is 0. The summed E-state index contributed by atoms with van der Waals surface area (Å²) in [6, 6.07) is 10.8. The lowest BCUT2D eigenvalue weighted by Crippen LogP contribution is -2.33. The summed E-state index contributed by atoms with van der Waals surface area (Å²) < 4.78 is 5.13. The molecular formula is C21H25N3O3. The van der Waals surface area contributed by atoms with Crippen molar-refractivity contribution >= 4 is 17.9 Å². The largest absolute Gasteiger partial charge is 0.465 e.